The Bertz CT molecular complexity index is 283. The Morgan fingerprint density at radius 2 is 2.00 bits per heavy atom. The van der Waals surface area contributed by atoms with Crippen molar-refractivity contribution >= 4 is 0 Å². The molecule has 0 aromatic carbocycles. The van der Waals surface area contributed by atoms with Crippen molar-refractivity contribution < 1.29 is 9.84 Å². The van der Waals surface area contributed by atoms with Crippen molar-refractivity contribution in [3.63, 3.8) is 0 Å². The molecule has 0 aliphatic carbocycles. The van der Waals surface area contributed by atoms with Crippen LogP contribution >= 0.6 is 0 Å². The van der Waals surface area contributed by atoms with Gasteiger partial charge >= 0.3 is 0 Å². The molecule has 2 N–H and O–H groups in total. The molecule has 3 rings (SSSR count). The first-order valence-corrected chi connectivity index (χ1v) is 7.16. The van der Waals surface area contributed by atoms with Gasteiger partial charge < -0.3 is 20.1 Å². The second kappa shape index (κ2) is 5.43. The van der Waals surface area contributed by atoms with Gasteiger partial charge in [0.15, 0.2) is 0 Å². The molecule has 3 aliphatic rings. The van der Waals surface area contributed by atoms with Crippen LogP contribution in [0, 0.1) is 11.3 Å². The first-order chi connectivity index (χ1) is 8.82. The van der Waals surface area contributed by atoms with E-state index in [4.69, 9.17) is 4.74 Å². The third kappa shape index (κ3) is 2.42. The molecule has 0 amide bonds. The summed E-state index contributed by atoms with van der Waals surface area (Å²) in [6.45, 7) is 10.8. The van der Waals surface area contributed by atoms with Gasteiger partial charge in [0.25, 0.3) is 0 Å². The van der Waals surface area contributed by atoms with E-state index in [9.17, 15) is 5.11 Å². The van der Waals surface area contributed by atoms with E-state index in [1.165, 1.54) is 0 Å². The van der Waals surface area contributed by atoms with Gasteiger partial charge in [0.1, 0.15) is 0 Å². The van der Waals surface area contributed by atoms with Crippen molar-refractivity contribution in [1.82, 2.24) is 15.1 Å². The second-order valence-corrected chi connectivity index (χ2v) is 6.04. The number of ether oxygens (including phenoxy) is 1. The lowest BCUT2D eigenvalue weighted by Crippen LogP contribution is -2.42. The third-order valence-electron chi connectivity index (χ3n) is 4.90. The summed E-state index contributed by atoms with van der Waals surface area (Å²) >= 11 is 0. The Morgan fingerprint density at radius 1 is 1.22 bits per heavy atom. The monoisotopic (exact) mass is 255 g/mol. The maximum Gasteiger partial charge on any atom is 0.0594 e. The summed E-state index contributed by atoms with van der Waals surface area (Å²) in [7, 11) is 0. The lowest BCUT2D eigenvalue weighted by Gasteiger charge is -2.29. The predicted molar refractivity (Wildman–Crippen MR) is 69.6 cm³/mol. The zero-order valence-corrected chi connectivity index (χ0v) is 11.1. The van der Waals surface area contributed by atoms with E-state index in [0.29, 0.717) is 12.5 Å². The summed E-state index contributed by atoms with van der Waals surface area (Å²) in [5.41, 5.74) is 0.144. The van der Waals surface area contributed by atoms with Crippen molar-refractivity contribution in [3.8, 4) is 0 Å². The number of hydrogen-bond acceptors (Lipinski definition) is 5. The SMILES string of the molecule is OCC12CNCC1CN(CCN1CCOCC1)C2. The van der Waals surface area contributed by atoms with Crippen LogP contribution in [0.3, 0.4) is 0 Å². The number of nitrogens with zero attached hydrogens (tertiary/aromatic N) is 2. The zero-order chi connectivity index (χ0) is 12.4. The van der Waals surface area contributed by atoms with Gasteiger partial charge in [-0.3, -0.25) is 4.90 Å². The molecule has 3 aliphatic heterocycles. The van der Waals surface area contributed by atoms with Gasteiger partial charge in [0.05, 0.1) is 19.8 Å². The minimum Gasteiger partial charge on any atom is -0.396 e. The highest BCUT2D eigenvalue weighted by atomic mass is 16.5. The standard InChI is InChI=1S/C13H25N3O2/c17-11-13-9-14-7-12(13)8-16(10-13)2-1-15-3-5-18-6-4-15/h12,14,17H,1-11H2. The van der Waals surface area contributed by atoms with Gasteiger partial charge in [0, 0.05) is 51.2 Å². The van der Waals surface area contributed by atoms with Crippen LogP contribution in [0.2, 0.25) is 0 Å². The first-order valence-electron chi connectivity index (χ1n) is 7.16. The molecular formula is C13H25N3O2. The van der Waals surface area contributed by atoms with E-state index in [-0.39, 0.29) is 5.41 Å². The van der Waals surface area contributed by atoms with Crippen molar-refractivity contribution in [2.45, 2.75) is 0 Å². The molecule has 0 aromatic heterocycles. The van der Waals surface area contributed by atoms with Gasteiger partial charge in [-0.2, -0.15) is 0 Å². The number of morpholine rings is 1. The van der Waals surface area contributed by atoms with E-state index in [1.807, 2.05) is 0 Å². The highest BCUT2D eigenvalue weighted by Crippen LogP contribution is 2.38. The molecule has 0 spiro atoms. The van der Waals surface area contributed by atoms with Crippen LogP contribution in [0.4, 0.5) is 0 Å². The van der Waals surface area contributed by atoms with Crippen LogP contribution in [-0.2, 0) is 4.74 Å². The highest BCUT2D eigenvalue weighted by Gasteiger charge is 2.48. The first kappa shape index (κ1) is 12.8. The number of nitrogens with one attached hydrogen (secondary N) is 1. The smallest absolute Gasteiger partial charge is 0.0594 e. The summed E-state index contributed by atoms with van der Waals surface area (Å²) in [5, 5.41) is 13.1. The van der Waals surface area contributed by atoms with Crippen LogP contribution in [0.25, 0.3) is 0 Å². The average Bonchev–Trinajstić information content (AvgIpc) is 2.94. The molecule has 18 heavy (non-hydrogen) atoms. The molecule has 3 fully saturated rings. The minimum atomic E-state index is 0.144. The summed E-state index contributed by atoms with van der Waals surface area (Å²) in [4.78, 5) is 5.03. The Labute approximate surface area is 109 Å². The molecule has 104 valence electrons. The second-order valence-electron chi connectivity index (χ2n) is 6.04. The molecule has 0 aromatic rings. The number of rotatable bonds is 4. The van der Waals surface area contributed by atoms with Crippen LogP contribution < -0.4 is 5.32 Å². The number of hydrogen-bond donors (Lipinski definition) is 2. The summed E-state index contributed by atoms with van der Waals surface area (Å²) in [5.74, 6) is 0.646. The summed E-state index contributed by atoms with van der Waals surface area (Å²) < 4.78 is 5.37. The Morgan fingerprint density at radius 3 is 2.72 bits per heavy atom. The van der Waals surface area contributed by atoms with E-state index in [2.05, 4.69) is 15.1 Å². The maximum atomic E-state index is 9.67. The summed E-state index contributed by atoms with van der Waals surface area (Å²) in [6, 6.07) is 0. The van der Waals surface area contributed by atoms with Crippen molar-refractivity contribution in [2.24, 2.45) is 11.3 Å². The lowest BCUT2D eigenvalue weighted by molar-refractivity contribution is 0.0334. The Hall–Kier alpha value is -0.200. The fourth-order valence-corrected chi connectivity index (χ4v) is 3.63. The third-order valence-corrected chi connectivity index (χ3v) is 4.90. The topological polar surface area (TPSA) is 48.0 Å². The molecule has 0 bridgehead atoms. The molecule has 3 heterocycles. The van der Waals surface area contributed by atoms with Crippen LogP contribution in [-0.4, -0.2) is 87.1 Å². The van der Waals surface area contributed by atoms with E-state index >= 15 is 0 Å². The number of aliphatic hydroxyl groups is 1. The number of aliphatic hydroxyl groups excluding tert-OH is 1. The highest BCUT2D eigenvalue weighted by molar-refractivity contribution is 5.02. The van der Waals surface area contributed by atoms with E-state index in [0.717, 1.165) is 65.6 Å². The largest absolute Gasteiger partial charge is 0.396 e. The number of fused-ring (bicyclic) bond motifs is 1. The molecule has 3 saturated heterocycles. The maximum absolute atomic E-state index is 9.67. The zero-order valence-electron chi connectivity index (χ0n) is 11.1. The molecule has 0 saturated carbocycles. The Kier molecular flexibility index (Phi) is 3.86. The Balaban J connectivity index is 1.47. The van der Waals surface area contributed by atoms with Crippen LogP contribution in [0.1, 0.15) is 0 Å². The normalized spacial score (nSPS) is 38.2. The number of likely N-dealkylation sites (tertiary alicyclic amines) is 1. The van der Waals surface area contributed by atoms with Crippen molar-refractivity contribution in [1.29, 1.82) is 0 Å². The average molecular weight is 255 g/mol. The van der Waals surface area contributed by atoms with Crippen molar-refractivity contribution in [3.05, 3.63) is 0 Å². The molecule has 2 atom stereocenters. The minimum absolute atomic E-state index is 0.144. The van der Waals surface area contributed by atoms with Gasteiger partial charge in [-0.25, -0.2) is 0 Å². The van der Waals surface area contributed by atoms with Gasteiger partial charge in [-0.05, 0) is 12.5 Å². The molecular weight excluding hydrogens is 230 g/mol. The molecule has 5 nitrogen and oxygen atoms in total. The summed E-state index contributed by atoms with van der Waals surface area (Å²) in [6.07, 6.45) is 0. The van der Waals surface area contributed by atoms with E-state index < -0.39 is 0 Å². The van der Waals surface area contributed by atoms with Gasteiger partial charge in [-0.15, -0.1) is 0 Å². The van der Waals surface area contributed by atoms with Crippen LogP contribution in [0.15, 0.2) is 0 Å². The lowest BCUT2D eigenvalue weighted by atomic mass is 9.82. The fourth-order valence-electron chi connectivity index (χ4n) is 3.63. The predicted octanol–water partition coefficient (Wildman–Crippen LogP) is -1.17. The van der Waals surface area contributed by atoms with Crippen LogP contribution in [0.5, 0.6) is 0 Å². The van der Waals surface area contributed by atoms with Crippen molar-refractivity contribution in [2.75, 3.05) is 72.2 Å². The molecule has 5 heteroatoms. The van der Waals surface area contributed by atoms with E-state index in [1.54, 1.807) is 0 Å². The van der Waals surface area contributed by atoms with Gasteiger partial charge in [0.2, 0.25) is 0 Å². The molecule has 2 unspecified atom stereocenters. The van der Waals surface area contributed by atoms with Gasteiger partial charge in [-0.1, -0.05) is 0 Å². The fraction of sp³-hybridized carbons (Fsp3) is 1.00. The quantitative estimate of drug-likeness (QED) is 0.663. The molecule has 0 radical (unpaired) electrons.